The summed E-state index contributed by atoms with van der Waals surface area (Å²) in [5.41, 5.74) is 4.05. The predicted molar refractivity (Wildman–Crippen MR) is 135 cm³/mol. The molecule has 5 rings (SSSR count). The van der Waals surface area contributed by atoms with Crippen LogP contribution in [0.4, 0.5) is 5.82 Å². The third kappa shape index (κ3) is 5.09. The van der Waals surface area contributed by atoms with Crippen molar-refractivity contribution < 1.29 is 14.3 Å². The molecule has 2 aliphatic rings. The van der Waals surface area contributed by atoms with Gasteiger partial charge in [0.15, 0.2) is 23.0 Å². The first-order valence-electron chi connectivity index (χ1n) is 12.3. The van der Waals surface area contributed by atoms with Crippen LogP contribution in [0.15, 0.2) is 54.6 Å². The van der Waals surface area contributed by atoms with Gasteiger partial charge in [-0.05, 0) is 72.6 Å². The van der Waals surface area contributed by atoms with E-state index in [2.05, 4.69) is 45.4 Å². The number of hydrogen-bond acceptors (Lipinski definition) is 6. The molecule has 0 unspecified atom stereocenters. The third-order valence-corrected chi connectivity index (χ3v) is 7.18. The highest BCUT2D eigenvalue weighted by Gasteiger charge is 2.26. The Balaban J connectivity index is 1.19. The van der Waals surface area contributed by atoms with Crippen molar-refractivity contribution in [1.29, 1.82) is 0 Å². The number of nitrogens with zero attached hydrogens (tertiary/aromatic N) is 4. The summed E-state index contributed by atoms with van der Waals surface area (Å²) in [4.78, 5) is 17.2. The van der Waals surface area contributed by atoms with Gasteiger partial charge in [0.2, 0.25) is 0 Å². The second-order valence-electron chi connectivity index (χ2n) is 9.35. The Labute approximate surface area is 206 Å². The number of methoxy groups -OCH3 is 2. The van der Waals surface area contributed by atoms with Crippen LogP contribution in [-0.2, 0) is 19.4 Å². The van der Waals surface area contributed by atoms with E-state index in [4.69, 9.17) is 9.47 Å². The first-order valence-corrected chi connectivity index (χ1v) is 12.3. The summed E-state index contributed by atoms with van der Waals surface area (Å²) >= 11 is 0. The summed E-state index contributed by atoms with van der Waals surface area (Å²) in [5, 5.41) is 8.72. The van der Waals surface area contributed by atoms with Crippen molar-refractivity contribution in [2.45, 2.75) is 32.2 Å². The fourth-order valence-electron chi connectivity index (χ4n) is 5.14. The van der Waals surface area contributed by atoms with E-state index in [1.54, 1.807) is 14.2 Å². The molecule has 0 bridgehead atoms. The molecule has 0 saturated carbocycles. The largest absolute Gasteiger partial charge is 0.493 e. The van der Waals surface area contributed by atoms with E-state index in [1.807, 2.05) is 29.2 Å². The maximum absolute atomic E-state index is 13.1. The highest BCUT2D eigenvalue weighted by molar-refractivity contribution is 5.92. The topological polar surface area (TPSA) is 67.8 Å². The molecule has 7 heteroatoms. The molecular weight excluding hydrogens is 440 g/mol. The Morgan fingerprint density at radius 2 is 1.63 bits per heavy atom. The first-order chi connectivity index (χ1) is 17.1. The molecule has 1 fully saturated rings. The summed E-state index contributed by atoms with van der Waals surface area (Å²) < 4.78 is 10.8. The lowest BCUT2D eigenvalue weighted by atomic mass is 9.90. The fraction of sp³-hybridized carbons (Fsp3) is 0.393. The van der Waals surface area contributed by atoms with Crippen LogP contribution >= 0.6 is 0 Å². The monoisotopic (exact) mass is 472 g/mol. The minimum absolute atomic E-state index is 0.0916. The number of amides is 1. The molecule has 0 atom stereocenters. The van der Waals surface area contributed by atoms with Crippen molar-refractivity contribution in [2.75, 3.05) is 38.8 Å². The number of fused-ring (bicyclic) bond motifs is 1. The van der Waals surface area contributed by atoms with E-state index in [0.717, 1.165) is 55.9 Å². The number of benzene rings is 2. The lowest BCUT2D eigenvalue weighted by molar-refractivity contribution is 0.0727. The average molecular weight is 473 g/mol. The highest BCUT2D eigenvalue weighted by atomic mass is 16.5. The Morgan fingerprint density at radius 1 is 0.914 bits per heavy atom. The van der Waals surface area contributed by atoms with Crippen LogP contribution in [0.1, 0.15) is 40.0 Å². The van der Waals surface area contributed by atoms with Crippen LogP contribution in [0.5, 0.6) is 11.5 Å². The van der Waals surface area contributed by atoms with E-state index in [0.29, 0.717) is 30.5 Å². The van der Waals surface area contributed by atoms with E-state index in [-0.39, 0.29) is 5.91 Å². The molecule has 0 radical (unpaired) electrons. The highest BCUT2D eigenvalue weighted by Crippen LogP contribution is 2.33. The molecule has 1 amide bonds. The van der Waals surface area contributed by atoms with Gasteiger partial charge in [0.1, 0.15) is 0 Å². The minimum Gasteiger partial charge on any atom is -0.493 e. The van der Waals surface area contributed by atoms with Gasteiger partial charge in [-0.2, -0.15) is 0 Å². The molecule has 3 heterocycles. The van der Waals surface area contributed by atoms with Crippen molar-refractivity contribution in [3.05, 3.63) is 77.0 Å². The normalized spacial score (nSPS) is 16.1. The fourth-order valence-corrected chi connectivity index (χ4v) is 5.14. The third-order valence-electron chi connectivity index (χ3n) is 7.18. The minimum atomic E-state index is -0.0916. The molecule has 0 spiro atoms. The van der Waals surface area contributed by atoms with Gasteiger partial charge in [0, 0.05) is 26.2 Å². The molecule has 1 aromatic heterocycles. The maximum atomic E-state index is 13.1. The van der Waals surface area contributed by atoms with Crippen molar-refractivity contribution in [2.24, 2.45) is 5.92 Å². The van der Waals surface area contributed by atoms with E-state index in [1.165, 1.54) is 11.1 Å². The molecule has 3 aromatic rings. The van der Waals surface area contributed by atoms with Gasteiger partial charge >= 0.3 is 0 Å². The Bertz CT molecular complexity index is 1160. The summed E-state index contributed by atoms with van der Waals surface area (Å²) in [6.45, 7) is 3.09. The van der Waals surface area contributed by atoms with Gasteiger partial charge in [-0.3, -0.25) is 4.79 Å². The second kappa shape index (κ2) is 10.3. The number of carbonyl (C=O) groups excluding carboxylic acids is 1. The smallest absolute Gasteiger partial charge is 0.274 e. The van der Waals surface area contributed by atoms with Gasteiger partial charge in [0.05, 0.1) is 14.2 Å². The van der Waals surface area contributed by atoms with Crippen LogP contribution < -0.4 is 14.4 Å². The zero-order valence-electron chi connectivity index (χ0n) is 20.4. The number of piperidine rings is 1. The number of carbonyl (C=O) groups is 1. The summed E-state index contributed by atoms with van der Waals surface area (Å²) in [5.74, 6) is 2.85. The SMILES string of the molecule is COc1cc2c(cc1OC)CN(C(=O)c1ccc(N3CCC(Cc4ccccc4)CC3)nn1)CC2. The average Bonchev–Trinajstić information content (AvgIpc) is 2.92. The van der Waals surface area contributed by atoms with Crippen molar-refractivity contribution in [3.8, 4) is 11.5 Å². The number of aromatic nitrogens is 2. The van der Waals surface area contributed by atoms with Gasteiger partial charge in [-0.25, -0.2) is 0 Å². The van der Waals surface area contributed by atoms with Crippen LogP contribution in [0.3, 0.4) is 0 Å². The quantitative estimate of drug-likeness (QED) is 0.537. The zero-order chi connectivity index (χ0) is 24.2. The maximum Gasteiger partial charge on any atom is 0.274 e. The standard InChI is InChI=1S/C28H32N4O3/c1-34-25-17-22-12-15-32(19-23(22)18-26(25)35-2)28(33)24-8-9-27(30-29-24)31-13-10-21(11-14-31)16-20-6-4-3-5-7-20/h3-9,17-18,21H,10-16,19H2,1-2H3. The lowest BCUT2D eigenvalue weighted by Crippen LogP contribution is -2.37. The predicted octanol–water partition coefficient (Wildman–Crippen LogP) is 4.15. The van der Waals surface area contributed by atoms with Crippen LogP contribution in [-0.4, -0.2) is 54.9 Å². The number of ether oxygens (including phenoxy) is 2. The van der Waals surface area contributed by atoms with Crippen molar-refractivity contribution in [3.63, 3.8) is 0 Å². The van der Waals surface area contributed by atoms with Gasteiger partial charge in [-0.15, -0.1) is 10.2 Å². The van der Waals surface area contributed by atoms with Gasteiger partial charge < -0.3 is 19.3 Å². The molecule has 182 valence electrons. The Hall–Kier alpha value is -3.61. The van der Waals surface area contributed by atoms with E-state index in [9.17, 15) is 4.79 Å². The number of anilines is 1. The molecule has 1 saturated heterocycles. The lowest BCUT2D eigenvalue weighted by Gasteiger charge is -2.32. The van der Waals surface area contributed by atoms with Crippen LogP contribution in [0.25, 0.3) is 0 Å². The summed E-state index contributed by atoms with van der Waals surface area (Å²) in [6.07, 6.45) is 4.17. The van der Waals surface area contributed by atoms with Gasteiger partial charge in [-0.1, -0.05) is 30.3 Å². The van der Waals surface area contributed by atoms with Crippen LogP contribution in [0.2, 0.25) is 0 Å². The number of hydrogen-bond donors (Lipinski definition) is 0. The van der Waals surface area contributed by atoms with E-state index >= 15 is 0 Å². The molecule has 0 N–H and O–H groups in total. The molecule has 2 aliphatic heterocycles. The van der Waals surface area contributed by atoms with Crippen molar-refractivity contribution in [1.82, 2.24) is 15.1 Å². The molecular formula is C28H32N4O3. The molecule has 7 nitrogen and oxygen atoms in total. The first kappa shape index (κ1) is 23.1. The second-order valence-corrected chi connectivity index (χ2v) is 9.35. The molecule has 2 aromatic carbocycles. The van der Waals surface area contributed by atoms with Gasteiger partial charge in [0.25, 0.3) is 5.91 Å². The Morgan fingerprint density at radius 3 is 2.29 bits per heavy atom. The molecule has 35 heavy (non-hydrogen) atoms. The summed E-state index contributed by atoms with van der Waals surface area (Å²) in [7, 11) is 3.26. The summed E-state index contributed by atoms with van der Waals surface area (Å²) in [6, 6.07) is 18.4. The van der Waals surface area contributed by atoms with Crippen LogP contribution in [0, 0.1) is 5.92 Å². The zero-order valence-corrected chi connectivity index (χ0v) is 20.4. The van der Waals surface area contributed by atoms with Crippen molar-refractivity contribution >= 4 is 11.7 Å². The Kier molecular flexibility index (Phi) is 6.84. The number of rotatable bonds is 6. The van der Waals surface area contributed by atoms with E-state index < -0.39 is 0 Å². The molecule has 0 aliphatic carbocycles.